The van der Waals surface area contributed by atoms with Gasteiger partial charge in [-0.1, -0.05) is 33.6 Å². The summed E-state index contributed by atoms with van der Waals surface area (Å²) in [5.41, 5.74) is 7.37. The molecular weight excluding hydrogens is 250 g/mol. The summed E-state index contributed by atoms with van der Waals surface area (Å²) in [7, 11) is 0. The standard InChI is InChI=1S/C16H27N3O/c1-5-8-14-9-13(10-15(17)18-14)16(20)19(7-3)11-12(4)6-2/h9-10,12H,5-8,11H2,1-4H3,(H2,17,18). The number of amides is 1. The van der Waals surface area contributed by atoms with E-state index in [2.05, 4.69) is 25.8 Å². The first kappa shape index (κ1) is 16.5. The van der Waals surface area contributed by atoms with E-state index in [0.29, 0.717) is 23.8 Å². The van der Waals surface area contributed by atoms with E-state index in [1.54, 1.807) is 6.07 Å². The van der Waals surface area contributed by atoms with Crippen LogP contribution in [0.3, 0.4) is 0 Å². The van der Waals surface area contributed by atoms with Crippen molar-refractivity contribution in [3.8, 4) is 0 Å². The third kappa shape index (κ3) is 4.51. The first-order valence-corrected chi connectivity index (χ1v) is 7.57. The fourth-order valence-electron chi connectivity index (χ4n) is 2.16. The molecule has 1 unspecified atom stereocenters. The van der Waals surface area contributed by atoms with Gasteiger partial charge in [0.25, 0.3) is 5.91 Å². The van der Waals surface area contributed by atoms with Gasteiger partial charge >= 0.3 is 0 Å². The molecule has 0 fully saturated rings. The van der Waals surface area contributed by atoms with Crippen LogP contribution < -0.4 is 5.73 Å². The summed E-state index contributed by atoms with van der Waals surface area (Å²) in [5, 5.41) is 0. The quantitative estimate of drug-likeness (QED) is 0.833. The zero-order chi connectivity index (χ0) is 15.1. The lowest BCUT2D eigenvalue weighted by molar-refractivity contribution is 0.0740. The van der Waals surface area contributed by atoms with E-state index in [9.17, 15) is 4.79 Å². The Kier molecular flexibility index (Phi) is 6.49. The van der Waals surface area contributed by atoms with E-state index in [1.165, 1.54) is 0 Å². The zero-order valence-electron chi connectivity index (χ0n) is 13.1. The van der Waals surface area contributed by atoms with Gasteiger partial charge in [-0.15, -0.1) is 0 Å². The minimum Gasteiger partial charge on any atom is -0.384 e. The van der Waals surface area contributed by atoms with Crippen molar-refractivity contribution in [3.63, 3.8) is 0 Å². The zero-order valence-corrected chi connectivity index (χ0v) is 13.1. The van der Waals surface area contributed by atoms with E-state index in [1.807, 2.05) is 17.9 Å². The van der Waals surface area contributed by atoms with Crippen LogP contribution in [0.25, 0.3) is 0 Å². The van der Waals surface area contributed by atoms with Crippen molar-refractivity contribution in [3.05, 3.63) is 23.4 Å². The Morgan fingerprint density at radius 2 is 2.05 bits per heavy atom. The summed E-state index contributed by atoms with van der Waals surface area (Å²) in [6, 6.07) is 3.56. The number of aryl methyl sites for hydroxylation is 1. The fourth-order valence-corrected chi connectivity index (χ4v) is 2.16. The lowest BCUT2D eigenvalue weighted by Crippen LogP contribution is -2.34. The van der Waals surface area contributed by atoms with Crippen LogP contribution in [-0.2, 0) is 6.42 Å². The Morgan fingerprint density at radius 1 is 1.35 bits per heavy atom. The van der Waals surface area contributed by atoms with Gasteiger partial charge in [0.15, 0.2) is 0 Å². The van der Waals surface area contributed by atoms with Gasteiger partial charge in [-0.05, 0) is 31.4 Å². The molecule has 0 saturated heterocycles. The number of hydrogen-bond donors (Lipinski definition) is 1. The molecule has 1 aromatic rings. The molecule has 0 bridgehead atoms. The molecule has 1 amide bonds. The smallest absolute Gasteiger partial charge is 0.254 e. The summed E-state index contributed by atoms with van der Waals surface area (Å²) in [5.74, 6) is 0.992. The summed E-state index contributed by atoms with van der Waals surface area (Å²) >= 11 is 0. The molecule has 0 radical (unpaired) electrons. The molecule has 2 N–H and O–H groups in total. The van der Waals surface area contributed by atoms with E-state index in [0.717, 1.165) is 31.5 Å². The molecular formula is C16H27N3O. The van der Waals surface area contributed by atoms with Crippen LogP contribution in [0.5, 0.6) is 0 Å². The topological polar surface area (TPSA) is 59.2 Å². The highest BCUT2D eigenvalue weighted by atomic mass is 16.2. The van der Waals surface area contributed by atoms with Crippen molar-refractivity contribution in [2.75, 3.05) is 18.8 Å². The summed E-state index contributed by atoms with van der Waals surface area (Å²) in [6.07, 6.45) is 2.92. The van der Waals surface area contributed by atoms with E-state index in [-0.39, 0.29) is 5.91 Å². The molecule has 1 atom stereocenters. The minimum absolute atomic E-state index is 0.0549. The number of carbonyl (C=O) groups excluding carboxylic acids is 1. The van der Waals surface area contributed by atoms with E-state index in [4.69, 9.17) is 5.73 Å². The van der Waals surface area contributed by atoms with E-state index >= 15 is 0 Å². The second-order valence-electron chi connectivity index (χ2n) is 5.38. The van der Waals surface area contributed by atoms with Crippen molar-refractivity contribution >= 4 is 11.7 Å². The van der Waals surface area contributed by atoms with Gasteiger partial charge in [-0.2, -0.15) is 0 Å². The van der Waals surface area contributed by atoms with Crippen molar-refractivity contribution in [1.29, 1.82) is 0 Å². The maximum Gasteiger partial charge on any atom is 0.254 e. The van der Waals surface area contributed by atoms with Crippen molar-refractivity contribution in [2.24, 2.45) is 5.92 Å². The summed E-state index contributed by atoms with van der Waals surface area (Å²) in [6.45, 7) is 9.92. The lowest BCUT2D eigenvalue weighted by atomic mass is 10.1. The second kappa shape index (κ2) is 7.88. The second-order valence-corrected chi connectivity index (χ2v) is 5.38. The molecule has 0 aliphatic heterocycles. The normalized spacial score (nSPS) is 12.2. The van der Waals surface area contributed by atoms with Crippen LogP contribution in [0.4, 0.5) is 5.82 Å². The van der Waals surface area contributed by atoms with Crippen molar-refractivity contribution < 1.29 is 4.79 Å². The van der Waals surface area contributed by atoms with Gasteiger partial charge in [0.2, 0.25) is 0 Å². The van der Waals surface area contributed by atoms with Gasteiger partial charge in [-0.25, -0.2) is 4.98 Å². The van der Waals surface area contributed by atoms with Gasteiger partial charge < -0.3 is 10.6 Å². The molecule has 0 saturated carbocycles. The maximum absolute atomic E-state index is 12.6. The molecule has 1 rings (SSSR count). The molecule has 20 heavy (non-hydrogen) atoms. The number of rotatable bonds is 7. The summed E-state index contributed by atoms with van der Waals surface area (Å²) < 4.78 is 0. The first-order chi connectivity index (χ1) is 9.51. The predicted octanol–water partition coefficient (Wildman–Crippen LogP) is 3.12. The molecule has 1 heterocycles. The van der Waals surface area contributed by atoms with Crippen LogP contribution in [0.15, 0.2) is 12.1 Å². The molecule has 112 valence electrons. The Morgan fingerprint density at radius 3 is 2.60 bits per heavy atom. The average molecular weight is 277 g/mol. The molecule has 0 aromatic carbocycles. The number of aromatic nitrogens is 1. The number of nitrogen functional groups attached to an aromatic ring is 1. The number of pyridine rings is 1. The Balaban J connectivity index is 2.93. The molecule has 4 heteroatoms. The van der Waals surface area contributed by atoms with Crippen LogP contribution in [-0.4, -0.2) is 28.9 Å². The highest BCUT2D eigenvalue weighted by Crippen LogP contribution is 2.14. The Bertz CT molecular complexity index is 445. The third-order valence-electron chi connectivity index (χ3n) is 3.55. The number of nitrogens with zero attached hydrogens (tertiary/aromatic N) is 2. The lowest BCUT2D eigenvalue weighted by Gasteiger charge is -2.24. The summed E-state index contributed by atoms with van der Waals surface area (Å²) in [4.78, 5) is 18.7. The van der Waals surface area contributed by atoms with Gasteiger partial charge in [0.1, 0.15) is 5.82 Å². The number of carbonyl (C=O) groups is 1. The van der Waals surface area contributed by atoms with Crippen molar-refractivity contribution in [1.82, 2.24) is 9.88 Å². The molecule has 1 aromatic heterocycles. The molecule has 0 aliphatic rings. The first-order valence-electron chi connectivity index (χ1n) is 7.57. The van der Waals surface area contributed by atoms with Gasteiger partial charge in [-0.3, -0.25) is 4.79 Å². The molecule has 4 nitrogen and oxygen atoms in total. The third-order valence-corrected chi connectivity index (χ3v) is 3.55. The average Bonchev–Trinajstić information content (AvgIpc) is 2.43. The highest BCUT2D eigenvalue weighted by molar-refractivity contribution is 5.95. The Labute approximate surface area is 122 Å². The van der Waals surface area contributed by atoms with Crippen molar-refractivity contribution in [2.45, 2.75) is 47.0 Å². The molecule has 0 aliphatic carbocycles. The van der Waals surface area contributed by atoms with Gasteiger partial charge in [0.05, 0.1) is 0 Å². The fraction of sp³-hybridized carbons (Fsp3) is 0.625. The van der Waals surface area contributed by atoms with E-state index < -0.39 is 0 Å². The van der Waals surface area contributed by atoms with Gasteiger partial charge in [0, 0.05) is 24.3 Å². The highest BCUT2D eigenvalue weighted by Gasteiger charge is 2.17. The van der Waals surface area contributed by atoms with Crippen LogP contribution >= 0.6 is 0 Å². The van der Waals surface area contributed by atoms with Crippen LogP contribution in [0, 0.1) is 5.92 Å². The number of anilines is 1. The predicted molar refractivity (Wildman–Crippen MR) is 83.7 cm³/mol. The molecule has 0 spiro atoms. The Hall–Kier alpha value is -1.58. The minimum atomic E-state index is 0.0549. The number of hydrogen-bond acceptors (Lipinski definition) is 3. The SMILES string of the molecule is CCCc1cc(C(=O)N(CC)CC(C)CC)cc(N)n1. The van der Waals surface area contributed by atoms with Crippen LogP contribution in [0.2, 0.25) is 0 Å². The maximum atomic E-state index is 12.6. The number of nitrogens with two attached hydrogens (primary N) is 1. The largest absolute Gasteiger partial charge is 0.384 e. The monoisotopic (exact) mass is 277 g/mol. The van der Waals surface area contributed by atoms with Crippen LogP contribution in [0.1, 0.15) is 56.6 Å².